The van der Waals surface area contributed by atoms with Crippen LogP contribution in [-0.2, 0) is 10.0 Å². The Morgan fingerprint density at radius 3 is 2.42 bits per heavy atom. The van der Waals surface area contributed by atoms with Gasteiger partial charge in [0.1, 0.15) is 5.75 Å². The van der Waals surface area contributed by atoms with E-state index in [9.17, 15) is 23.4 Å². The van der Waals surface area contributed by atoms with Gasteiger partial charge in [0.25, 0.3) is 5.91 Å². The van der Waals surface area contributed by atoms with E-state index in [2.05, 4.69) is 14.9 Å². The minimum absolute atomic E-state index is 0.0241. The Bertz CT molecular complexity index is 995. The normalized spacial score (nSPS) is 13.4. The van der Waals surface area contributed by atoms with E-state index in [4.69, 9.17) is 5.73 Å². The van der Waals surface area contributed by atoms with Crippen LogP contribution in [0, 0.1) is 0 Å². The van der Waals surface area contributed by atoms with Crippen LogP contribution in [0.4, 0.5) is 11.4 Å². The van der Waals surface area contributed by atoms with Crippen LogP contribution in [0.1, 0.15) is 35.4 Å². The second kappa shape index (κ2) is 10.5. The molecule has 2 unspecified atom stereocenters. The summed E-state index contributed by atoms with van der Waals surface area (Å²) in [7, 11) is -1.35. The number of nitrogens with one attached hydrogen (secondary N) is 2. The third kappa shape index (κ3) is 7.74. The molecule has 9 nitrogen and oxygen atoms in total. The monoisotopic (exact) mass is 450 g/mol. The van der Waals surface area contributed by atoms with Gasteiger partial charge in [-0.1, -0.05) is 6.07 Å². The Morgan fingerprint density at radius 1 is 1.19 bits per heavy atom. The van der Waals surface area contributed by atoms with Crippen LogP contribution in [0.15, 0.2) is 42.5 Å². The molecule has 0 saturated carbocycles. The maximum Gasteiger partial charge on any atom is 0.252 e. The van der Waals surface area contributed by atoms with Crippen LogP contribution in [0.3, 0.4) is 0 Å². The van der Waals surface area contributed by atoms with Crippen LogP contribution < -0.4 is 20.7 Å². The van der Waals surface area contributed by atoms with E-state index in [0.29, 0.717) is 11.3 Å². The van der Waals surface area contributed by atoms with E-state index in [0.717, 1.165) is 24.9 Å². The van der Waals surface area contributed by atoms with Crippen LogP contribution in [-0.4, -0.2) is 57.0 Å². The predicted molar refractivity (Wildman–Crippen MR) is 122 cm³/mol. The summed E-state index contributed by atoms with van der Waals surface area (Å²) in [5.74, 6) is -0.969. The van der Waals surface area contributed by atoms with Crippen molar-refractivity contribution in [2.45, 2.75) is 25.5 Å². The van der Waals surface area contributed by atoms with Crippen molar-refractivity contribution in [3.05, 3.63) is 53.6 Å². The molecule has 1 amide bonds. The number of phenols is 1. The van der Waals surface area contributed by atoms with Gasteiger partial charge in [0.15, 0.2) is 0 Å². The van der Waals surface area contributed by atoms with Crippen LogP contribution in [0.2, 0.25) is 0 Å². The van der Waals surface area contributed by atoms with Gasteiger partial charge in [0.05, 0.1) is 17.9 Å². The molecule has 0 bridgehead atoms. The number of aliphatic hydroxyl groups excluding tert-OH is 1. The first-order valence-corrected chi connectivity index (χ1v) is 11.7. The predicted octanol–water partition coefficient (Wildman–Crippen LogP) is 1.40. The number of rotatable bonds is 11. The second-order valence-electron chi connectivity index (χ2n) is 7.60. The summed E-state index contributed by atoms with van der Waals surface area (Å²) in [6.07, 6.45) is 1.06. The summed E-state index contributed by atoms with van der Waals surface area (Å²) >= 11 is 0. The summed E-state index contributed by atoms with van der Waals surface area (Å²) in [6, 6.07) is 11.5. The highest BCUT2D eigenvalue weighted by Crippen LogP contribution is 2.22. The lowest BCUT2D eigenvalue weighted by Crippen LogP contribution is -2.33. The van der Waals surface area contributed by atoms with Crippen molar-refractivity contribution in [3.8, 4) is 5.75 Å². The van der Waals surface area contributed by atoms with Gasteiger partial charge in [-0.3, -0.25) is 9.52 Å². The molecule has 31 heavy (non-hydrogen) atoms. The molecule has 0 aliphatic heterocycles. The summed E-state index contributed by atoms with van der Waals surface area (Å²) in [5.41, 5.74) is 7.16. The number of benzene rings is 2. The highest BCUT2D eigenvalue weighted by molar-refractivity contribution is 7.92. The molecule has 2 rings (SSSR count). The molecule has 0 saturated heterocycles. The average Bonchev–Trinajstić information content (AvgIpc) is 2.69. The highest BCUT2D eigenvalue weighted by Gasteiger charge is 2.15. The van der Waals surface area contributed by atoms with Crippen molar-refractivity contribution in [2.75, 3.05) is 36.0 Å². The Hall–Kier alpha value is -2.82. The molecule has 0 spiro atoms. The molecule has 170 valence electrons. The molecule has 0 aromatic heterocycles. The Labute approximate surface area is 182 Å². The minimum atomic E-state index is -3.30. The number of nitrogens with zero attached hydrogens (tertiary/aromatic N) is 1. The van der Waals surface area contributed by atoms with Gasteiger partial charge >= 0.3 is 0 Å². The van der Waals surface area contributed by atoms with Gasteiger partial charge in [0, 0.05) is 37.6 Å². The number of amides is 1. The maximum atomic E-state index is 11.3. The fourth-order valence-electron chi connectivity index (χ4n) is 3.01. The van der Waals surface area contributed by atoms with Crippen molar-refractivity contribution in [1.29, 1.82) is 0 Å². The number of nitrogens with two attached hydrogens (primary N) is 1. The number of aliphatic hydroxyl groups is 1. The number of hydrogen-bond donors (Lipinski definition) is 5. The number of carbonyl (C=O) groups is 1. The van der Waals surface area contributed by atoms with Gasteiger partial charge in [-0.05, 0) is 55.3 Å². The zero-order valence-electron chi connectivity index (χ0n) is 17.9. The smallest absolute Gasteiger partial charge is 0.252 e. The molecular formula is C21H30N4O5S. The molecule has 0 heterocycles. The Morgan fingerprint density at radius 2 is 1.84 bits per heavy atom. The first-order chi connectivity index (χ1) is 14.5. The van der Waals surface area contributed by atoms with Gasteiger partial charge in [-0.25, -0.2) is 8.42 Å². The lowest BCUT2D eigenvalue weighted by molar-refractivity contribution is 0.0997. The third-order valence-electron chi connectivity index (χ3n) is 4.84. The summed E-state index contributed by atoms with van der Waals surface area (Å²) in [5, 5.41) is 23.3. The van der Waals surface area contributed by atoms with Gasteiger partial charge in [-0.2, -0.15) is 0 Å². The zero-order chi connectivity index (χ0) is 23.2. The van der Waals surface area contributed by atoms with Crippen molar-refractivity contribution in [1.82, 2.24) is 5.32 Å². The van der Waals surface area contributed by atoms with E-state index in [1.165, 1.54) is 12.1 Å². The van der Waals surface area contributed by atoms with Crippen LogP contribution in [0.25, 0.3) is 0 Å². The molecule has 0 aliphatic rings. The summed E-state index contributed by atoms with van der Waals surface area (Å²) in [6.45, 7) is 3.03. The lowest BCUT2D eigenvalue weighted by Gasteiger charge is -2.23. The maximum absolute atomic E-state index is 11.3. The van der Waals surface area contributed by atoms with E-state index < -0.39 is 22.0 Å². The SMILES string of the molecule is CC(CCN(C)c1ccc(NS(C)(=O)=O)cc1)NCC(O)c1ccc(O)c(C(N)=O)c1. The molecular weight excluding hydrogens is 420 g/mol. The fourth-order valence-corrected chi connectivity index (χ4v) is 3.57. The van der Waals surface area contributed by atoms with E-state index in [-0.39, 0.29) is 23.9 Å². The Kier molecular flexibility index (Phi) is 8.26. The number of sulfonamides is 1. The largest absolute Gasteiger partial charge is 0.507 e. The molecule has 0 radical (unpaired) electrons. The van der Waals surface area contributed by atoms with Crippen molar-refractivity contribution in [2.24, 2.45) is 5.73 Å². The molecule has 2 aromatic rings. The topological polar surface area (TPSA) is 145 Å². The molecule has 10 heteroatoms. The molecule has 2 aromatic carbocycles. The number of aromatic hydroxyl groups is 1. The number of primary amides is 1. The third-order valence-corrected chi connectivity index (χ3v) is 5.45. The van der Waals surface area contributed by atoms with Crippen molar-refractivity contribution >= 4 is 27.3 Å². The molecule has 2 atom stereocenters. The second-order valence-corrected chi connectivity index (χ2v) is 9.35. The van der Waals surface area contributed by atoms with Gasteiger partial charge < -0.3 is 26.2 Å². The van der Waals surface area contributed by atoms with Crippen LogP contribution in [0.5, 0.6) is 5.75 Å². The quantitative estimate of drug-likeness (QED) is 0.348. The zero-order valence-corrected chi connectivity index (χ0v) is 18.7. The standard InChI is InChI=1S/C21H30N4O5S/c1-14(23-13-20(27)15-4-9-19(26)18(12-15)21(22)28)10-11-25(2)17-7-5-16(6-8-17)24-31(3,29)30/h4-9,12,14,20,23-24,26-27H,10-11,13H2,1-3H3,(H2,22,28). The van der Waals surface area contributed by atoms with E-state index >= 15 is 0 Å². The van der Waals surface area contributed by atoms with Gasteiger partial charge in [-0.15, -0.1) is 0 Å². The minimum Gasteiger partial charge on any atom is -0.507 e. The van der Waals surface area contributed by atoms with Gasteiger partial charge in [0.2, 0.25) is 10.0 Å². The first-order valence-electron chi connectivity index (χ1n) is 9.79. The number of carbonyl (C=O) groups excluding carboxylic acids is 1. The lowest BCUT2D eigenvalue weighted by atomic mass is 10.0. The van der Waals surface area contributed by atoms with Crippen molar-refractivity contribution in [3.63, 3.8) is 0 Å². The van der Waals surface area contributed by atoms with E-state index in [1.807, 2.05) is 26.1 Å². The number of anilines is 2. The van der Waals surface area contributed by atoms with Crippen LogP contribution >= 0.6 is 0 Å². The highest BCUT2D eigenvalue weighted by atomic mass is 32.2. The molecule has 0 aliphatic carbocycles. The summed E-state index contributed by atoms with van der Waals surface area (Å²) in [4.78, 5) is 13.4. The fraction of sp³-hybridized carbons (Fsp3) is 0.381. The number of hydrogen-bond acceptors (Lipinski definition) is 7. The Balaban J connectivity index is 1.83. The first kappa shape index (κ1) is 24.4. The molecule has 0 fully saturated rings. The van der Waals surface area contributed by atoms with Crippen molar-refractivity contribution < 1.29 is 23.4 Å². The average molecular weight is 451 g/mol. The summed E-state index contributed by atoms with van der Waals surface area (Å²) < 4.78 is 25.0. The van der Waals surface area contributed by atoms with E-state index in [1.54, 1.807) is 18.2 Å². The molecule has 6 N–H and O–H groups in total.